The Labute approximate surface area is 188 Å². The van der Waals surface area contributed by atoms with E-state index in [1.54, 1.807) is 15.6 Å². The topological polar surface area (TPSA) is 79.2 Å². The SMILES string of the molecule is COC1CC(CN2CCC(Cc3ccn4ncc(N5CCC(=O)NC5=O)c4c3)C[C@@H]2C)C1. The van der Waals surface area contributed by atoms with E-state index in [1.165, 1.54) is 44.3 Å². The molecule has 2 aromatic rings. The molecule has 2 aromatic heterocycles. The summed E-state index contributed by atoms with van der Waals surface area (Å²) in [5.74, 6) is 1.24. The van der Waals surface area contributed by atoms with Crippen LogP contribution < -0.4 is 10.2 Å². The Bertz CT molecular complexity index is 999. The third kappa shape index (κ3) is 4.26. The number of methoxy groups -OCH3 is 1. The van der Waals surface area contributed by atoms with Gasteiger partial charge in [-0.3, -0.25) is 15.0 Å². The van der Waals surface area contributed by atoms with Crippen molar-refractivity contribution in [1.82, 2.24) is 19.8 Å². The third-order valence-electron chi connectivity index (χ3n) is 7.58. The molecule has 2 saturated heterocycles. The van der Waals surface area contributed by atoms with Gasteiger partial charge in [0, 0.05) is 38.9 Å². The highest BCUT2D eigenvalue weighted by molar-refractivity contribution is 6.07. The summed E-state index contributed by atoms with van der Waals surface area (Å²) < 4.78 is 7.24. The van der Waals surface area contributed by atoms with E-state index in [9.17, 15) is 9.59 Å². The number of nitrogens with zero attached hydrogens (tertiary/aromatic N) is 4. The van der Waals surface area contributed by atoms with Crippen LogP contribution >= 0.6 is 0 Å². The van der Waals surface area contributed by atoms with Gasteiger partial charge in [0.15, 0.2) is 0 Å². The van der Waals surface area contributed by atoms with Crippen LogP contribution in [0.2, 0.25) is 0 Å². The number of anilines is 1. The maximum atomic E-state index is 12.3. The molecule has 1 unspecified atom stereocenters. The first-order valence-corrected chi connectivity index (χ1v) is 11.8. The highest BCUT2D eigenvalue weighted by atomic mass is 16.5. The van der Waals surface area contributed by atoms with Crippen LogP contribution in [0.25, 0.3) is 5.52 Å². The minimum absolute atomic E-state index is 0.223. The lowest BCUT2D eigenvalue weighted by Gasteiger charge is -2.43. The molecule has 32 heavy (non-hydrogen) atoms. The number of hydrogen-bond donors (Lipinski definition) is 1. The molecule has 5 rings (SSSR count). The molecular weight excluding hydrogens is 406 g/mol. The predicted octanol–water partition coefficient (Wildman–Crippen LogP) is 2.85. The van der Waals surface area contributed by atoms with Gasteiger partial charge in [-0.05, 0) is 75.1 Å². The zero-order valence-electron chi connectivity index (χ0n) is 19.0. The van der Waals surface area contributed by atoms with Crippen molar-refractivity contribution < 1.29 is 14.3 Å². The van der Waals surface area contributed by atoms with Crippen LogP contribution in [0, 0.1) is 11.8 Å². The van der Waals surface area contributed by atoms with Crippen LogP contribution in [0.15, 0.2) is 24.5 Å². The highest BCUT2D eigenvalue weighted by Crippen LogP contribution is 2.34. The maximum Gasteiger partial charge on any atom is 0.328 e. The molecule has 172 valence electrons. The number of hydrogen-bond acceptors (Lipinski definition) is 5. The Balaban J connectivity index is 1.22. The van der Waals surface area contributed by atoms with Crippen molar-refractivity contribution >= 4 is 23.1 Å². The largest absolute Gasteiger partial charge is 0.381 e. The van der Waals surface area contributed by atoms with Gasteiger partial charge in [-0.1, -0.05) is 0 Å². The first-order valence-electron chi connectivity index (χ1n) is 11.8. The molecule has 8 heteroatoms. The number of pyridine rings is 1. The number of fused-ring (bicyclic) bond motifs is 1. The number of piperidine rings is 1. The Morgan fingerprint density at radius 1 is 1.19 bits per heavy atom. The molecule has 8 nitrogen and oxygen atoms in total. The summed E-state index contributed by atoms with van der Waals surface area (Å²) in [4.78, 5) is 28.1. The zero-order chi connectivity index (χ0) is 22.2. The van der Waals surface area contributed by atoms with Crippen LogP contribution in [0.5, 0.6) is 0 Å². The lowest BCUT2D eigenvalue weighted by Crippen LogP contribution is -2.49. The monoisotopic (exact) mass is 439 g/mol. The standard InChI is InChI=1S/C24H33N5O3/c1-16-9-17(3-6-27(16)15-19-11-20(12-19)32-2)10-18-4-8-29-21(13-18)22(14-25-29)28-7-5-23(30)26-24(28)31/h4,8,13-14,16-17,19-20H,3,5-7,9-12,15H2,1-2H3,(H,26,30,31)/t16-,17?,19?,20?/m0/s1. The number of carbonyl (C=O) groups excluding carboxylic acids is 2. The van der Waals surface area contributed by atoms with Gasteiger partial charge in [0.05, 0.1) is 23.5 Å². The van der Waals surface area contributed by atoms with E-state index >= 15 is 0 Å². The number of likely N-dealkylation sites (tertiary alicyclic amines) is 1. The molecule has 2 aliphatic heterocycles. The number of carbonyl (C=O) groups is 2. The van der Waals surface area contributed by atoms with E-state index in [4.69, 9.17) is 4.74 Å². The molecule has 3 fully saturated rings. The van der Waals surface area contributed by atoms with Crippen LogP contribution in [0.4, 0.5) is 10.5 Å². The van der Waals surface area contributed by atoms with Crippen LogP contribution in [0.3, 0.4) is 0 Å². The molecule has 1 saturated carbocycles. The van der Waals surface area contributed by atoms with E-state index < -0.39 is 0 Å². The van der Waals surface area contributed by atoms with E-state index in [-0.39, 0.29) is 11.9 Å². The second-order valence-corrected chi connectivity index (χ2v) is 9.78. The summed E-state index contributed by atoms with van der Waals surface area (Å²) in [7, 11) is 1.82. The Hall–Kier alpha value is -2.45. The van der Waals surface area contributed by atoms with E-state index in [0.717, 1.165) is 23.5 Å². The van der Waals surface area contributed by atoms with Crippen molar-refractivity contribution in [3.8, 4) is 0 Å². The van der Waals surface area contributed by atoms with Gasteiger partial charge in [-0.15, -0.1) is 0 Å². The number of ether oxygens (including phenoxy) is 1. The molecule has 1 N–H and O–H groups in total. The van der Waals surface area contributed by atoms with Crippen molar-refractivity contribution in [3.63, 3.8) is 0 Å². The number of urea groups is 1. The van der Waals surface area contributed by atoms with Crippen molar-refractivity contribution in [2.75, 3.05) is 31.6 Å². The lowest BCUT2D eigenvalue weighted by atomic mass is 9.80. The molecule has 1 aliphatic carbocycles. The van der Waals surface area contributed by atoms with Crippen LogP contribution in [-0.4, -0.2) is 65.3 Å². The summed E-state index contributed by atoms with van der Waals surface area (Å²) in [6.07, 6.45) is 10.4. The van der Waals surface area contributed by atoms with Crippen molar-refractivity contribution in [2.45, 2.75) is 57.6 Å². The summed E-state index contributed by atoms with van der Waals surface area (Å²) in [6, 6.07) is 4.53. The fourth-order valence-electron chi connectivity index (χ4n) is 5.60. The summed E-state index contributed by atoms with van der Waals surface area (Å²) >= 11 is 0. The zero-order valence-corrected chi connectivity index (χ0v) is 19.0. The van der Waals surface area contributed by atoms with Gasteiger partial charge < -0.3 is 9.64 Å². The summed E-state index contributed by atoms with van der Waals surface area (Å²) in [6.45, 7) is 5.13. The molecule has 0 aromatic carbocycles. The Morgan fingerprint density at radius 2 is 2.03 bits per heavy atom. The highest BCUT2D eigenvalue weighted by Gasteiger charge is 2.33. The quantitative estimate of drug-likeness (QED) is 0.749. The average molecular weight is 440 g/mol. The van der Waals surface area contributed by atoms with Gasteiger partial charge in [0.1, 0.15) is 0 Å². The average Bonchev–Trinajstić information content (AvgIpc) is 3.15. The molecule has 2 atom stereocenters. The van der Waals surface area contributed by atoms with E-state index in [1.807, 2.05) is 13.3 Å². The summed E-state index contributed by atoms with van der Waals surface area (Å²) in [5, 5.41) is 6.80. The minimum Gasteiger partial charge on any atom is -0.381 e. The fourth-order valence-corrected chi connectivity index (χ4v) is 5.60. The Kier molecular flexibility index (Phi) is 5.90. The van der Waals surface area contributed by atoms with Crippen LogP contribution in [-0.2, 0) is 16.0 Å². The first kappa shape index (κ1) is 21.4. The first-order chi connectivity index (χ1) is 15.5. The number of imide groups is 1. The van der Waals surface area contributed by atoms with Gasteiger partial charge >= 0.3 is 6.03 Å². The molecule has 3 amide bonds. The molecular formula is C24H33N5O3. The number of aromatic nitrogens is 2. The number of nitrogens with one attached hydrogen (secondary N) is 1. The number of amides is 3. The smallest absolute Gasteiger partial charge is 0.328 e. The second-order valence-electron chi connectivity index (χ2n) is 9.78. The van der Waals surface area contributed by atoms with Gasteiger partial charge in [-0.2, -0.15) is 5.10 Å². The van der Waals surface area contributed by atoms with Crippen molar-refractivity contribution in [2.24, 2.45) is 11.8 Å². The predicted molar refractivity (Wildman–Crippen MR) is 122 cm³/mol. The Morgan fingerprint density at radius 3 is 2.78 bits per heavy atom. The number of rotatable bonds is 6. The molecule has 0 radical (unpaired) electrons. The van der Waals surface area contributed by atoms with Gasteiger partial charge in [0.2, 0.25) is 5.91 Å². The minimum atomic E-state index is -0.369. The maximum absolute atomic E-state index is 12.3. The summed E-state index contributed by atoms with van der Waals surface area (Å²) in [5.41, 5.74) is 2.95. The molecule has 0 bridgehead atoms. The molecule has 4 heterocycles. The lowest BCUT2D eigenvalue weighted by molar-refractivity contribution is -0.120. The van der Waals surface area contributed by atoms with E-state index in [0.29, 0.717) is 31.0 Å². The fraction of sp³-hybridized carbons (Fsp3) is 0.625. The molecule has 3 aliphatic rings. The van der Waals surface area contributed by atoms with Crippen molar-refractivity contribution in [1.29, 1.82) is 0 Å². The second kappa shape index (κ2) is 8.83. The van der Waals surface area contributed by atoms with E-state index in [2.05, 4.69) is 34.4 Å². The molecule has 0 spiro atoms. The third-order valence-corrected chi connectivity index (χ3v) is 7.58. The van der Waals surface area contributed by atoms with Gasteiger partial charge in [-0.25, -0.2) is 9.31 Å². The normalized spacial score (nSPS) is 29.2. The van der Waals surface area contributed by atoms with Crippen LogP contribution in [0.1, 0.15) is 44.6 Å². The van der Waals surface area contributed by atoms with Gasteiger partial charge in [0.25, 0.3) is 0 Å². The van der Waals surface area contributed by atoms with Crippen molar-refractivity contribution in [3.05, 3.63) is 30.1 Å².